The number of aliphatic hydroxyl groups excluding tert-OH is 1. The number of hydrogen-bond acceptors (Lipinski definition) is 14. The molecule has 9 N–H and O–H groups in total. The van der Waals surface area contributed by atoms with Crippen LogP contribution in [0.1, 0.15) is 168 Å². The van der Waals surface area contributed by atoms with Gasteiger partial charge in [0.25, 0.3) is 0 Å². The first-order valence-corrected chi connectivity index (χ1v) is 25.5. The fourth-order valence-electron chi connectivity index (χ4n) is 7.34. The molecule has 0 rings (SSSR count). The smallest absolute Gasteiger partial charge is 0.326 e. The van der Waals surface area contributed by atoms with Gasteiger partial charge < -0.3 is 56.0 Å². The van der Waals surface area contributed by atoms with Crippen molar-refractivity contribution in [1.29, 1.82) is 0 Å². The van der Waals surface area contributed by atoms with E-state index < -0.39 is 36.0 Å². The van der Waals surface area contributed by atoms with Crippen LogP contribution in [0.15, 0.2) is 0 Å². The predicted molar refractivity (Wildman–Crippen MR) is 259 cm³/mol. The van der Waals surface area contributed by atoms with Gasteiger partial charge in [-0.15, -0.1) is 0 Å². The zero-order chi connectivity index (χ0) is 51.3. The Labute approximate surface area is 410 Å². The minimum Gasteiger partial charge on any atom is -0.481 e. The molecular formula is C49H89N5O15. The minimum atomic E-state index is -1.16. The molecule has 0 aliphatic rings. The van der Waals surface area contributed by atoms with Crippen molar-refractivity contribution >= 4 is 47.1 Å². The quantitative estimate of drug-likeness (QED) is 0.0401. The first-order valence-electron chi connectivity index (χ1n) is 25.5. The van der Waals surface area contributed by atoms with E-state index in [0.29, 0.717) is 45.3 Å². The summed E-state index contributed by atoms with van der Waals surface area (Å²) in [5, 5.41) is 38.6. The lowest BCUT2D eigenvalue weighted by Crippen LogP contribution is -2.50. The molecule has 0 unspecified atom stereocenters. The summed E-state index contributed by atoms with van der Waals surface area (Å²) in [6, 6.07) is -2.10. The van der Waals surface area contributed by atoms with Gasteiger partial charge in [0.15, 0.2) is 0 Å². The van der Waals surface area contributed by atoms with Crippen LogP contribution in [-0.4, -0.2) is 153 Å². The Morgan fingerprint density at radius 2 is 1.04 bits per heavy atom. The topological polar surface area (TPSA) is 308 Å². The van der Waals surface area contributed by atoms with Gasteiger partial charge in [0, 0.05) is 51.3 Å². The van der Waals surface area contributed by atoms with Gasteiger partial charge in [0.2, 0.25) is 23.6 Å². The second kappa shape index (κ2) is 45.1. The first-order chi connectivity index (χ1) is 33.2. The third-order valence-corrected chi connectivity index (χ3v) is 11.4. The van der Waals surface area contributed by atoms with Crippen LogP contribution in [0.3, 0.4) is 0 Å². The van der Waals surface area contributed by atoms with E-state index in [1.807, 2.05) is 6.92 Å². The normalized spacial score (nSPS) is 13.0. The molecule has 0 saturated carbocycles. The number of primary amides is 1. The molecule has 0 spiro atoms. The Kier molecular flexibility index (Phi) is 42.4. The van der Waals surface area contributed by atoms with Gasteiger partial charge in [-0.3, -0.25) is 38.9 Å². The standard InChI is InChI=1S/C49H89N5O15/c1-3-39(42(57)35-53-47(38(2)55)48(50)63)21-18-19-27-51-44(59)36-69-34-32-67-30-28-52-45(60)37-68-33-31-66-29-20-22-40(56)25-26-41(49(64)65)54-43(58)23-16-14-12-10-8-6-4-5-7-9-11-13-15-17-24-46(61)62/h38-39,41,47,53,55H,3-37H2,1-2H3,(H2,50,63)(H,51,59)(H,52,60)(H,54,58)(H,61,62)(H,64,65)/t38-,39+,41+,47+/m1/s1. The highest BCUT2D eigenvalue weighted by Gasteiger charge is 2.24. The highest BCUT2D eigenvalue weighted by atomic mass is 16.5. The van der Waals surface area contributed by atoms with E-state index in [1.54, 1.807) is 0 Å². The Bertz CT molecular complexity index is 1420. The number of rotatable bonds is 51. The van der Waals surface area contributed by atoms with Crippen LogP contribution in [0.4, 0.5) is 0 Å². The summed E-state index contributed by atoms with van der Waals surface area (Å²) >= 11 is 0. The maximum absolute atomic E-state index is 12.5. The van der Waals surface area contributed by atoms with Crippen molar-refractivity contribution in [3.05, 3.63) is 0 Å². The molecule has 0 radical (unpaired) electrons. The number of Topliss-reactive ketones (excluding diaryl/α,β-unsaturated/α-hetero) is 2. The molecule has 4 amide bonds. The number of aliphatic carboxylic acids is 2. The van der Waals surface area contributed by atoms with Crippen molar-refractivity contribution in [3.63, 3.8) is 0 Å². The number of nitrogens with one attached hydrogen (secondary N) is 4. The molecule has 0 aromatic carbocycles. The molecule has 20 heteroatoms. The van der Waals surface area contributed by atoms with Gasteiger partial charge in [-0.1, -0.05) is 90.4 Å². The van der Waals surface area contributed by atoms with E-state index >= 15 is 0 Å². The van der Waals surface area contributed by atoms with Crippen LogP contribution >= 0.6 is 0 Å². The van der Waals surface area contributed by atoms with Crippen molar-refractivity contribution < 1.29 is 72.6 Å². The third kappa shape index (κ3) is 41.4. The average molecular weight is 988 g/mol. The van der Waals surface area contributed by atoms with Crippen LogP contribution in [0.2, 0.25) is 0 Å². The van der Waals surface area contributed by atoms with E-state index in [1.165, 1.54) is 51.9 Å². The fourth-order valence-corrected chi connectivity index (χ4v) is 7.34. The Hall–Kier alpha value is -4.08. The molecule has 0 aromatic heterocycles. The zero-order valence-electron chi connectivity index (χ0n) is 41.9. The molecule has 4 atom stereocenters. The minimum absolute atomic E-state index is 0.0257. The van der Waals surface area contributed by atoms with Crippen LogP contribution in [0.25, 0.3) is 0 Å². The summed E-state index contributed by atoms with van der Waals surface area (Å²) in [7, 11) is 0. The first kappa shape index (κ1) is 64.9. The summed E-state index contributed by atoms with van der Waals surface area (Å²) in [6.07, 6.45) is 17.9. The molecule has 0 aliphatic heterocycles. The molecule has 0 saturated heterocycles. The van der Waals surface area contributed by atoms with Crippen molar-refractivity contribution in [2.75, 3.05) is 72.5 Å². The van der Waals surface area contributed by atoms with E-state index in [0.717, 1.165) is 44.9 Å². The van der Waals surface area contributed by atoms with Gasteiger partial charge in [0.05, 0.1) is 45.7 Å². The lowest BCUT2D eigenvalue weighted by molar-refractivity contribution is -0.142. The van der Waals surface area contributed by atoms with Crippen LogP contribution in [0.5, 0.6) is 0 Å². The Morgan fingerprint density at radius 3 is 1.55 bits per heavy atom. The largest absolute Gasteiger partial charge is 0.481 e. The van der Waals surface area contributed by atoms with E-state index in [-0.39, 0.29) is 127 Å². The molecule has 400 valence electrons. The highest BCUT2D eigenvalue weighted by Crippen LogP contribution is 2.15. The molecule has 69 heavy (non-hydrogen) atoms. The molecule has 0 aliphatic carbocycles. The number of carboxylic acids is 2. The number of aliphatic hydroxyl groups is 1. The van der Waals surface area contributed by atoms with Gasteiger partial charge in [-0.05, 0) is 51.9 Å². The highest BCUT2D eigenvalue weighted by molar-refractivity contribution is 5.86. The lowest BCUT2D eigenvalue weighted by atomic mass is 9.94. The van der Waals surface area contributed by atoms with Gasteiger partial charge in [-0.2, -0.15) is 0 Å². The number of carbonyl (C=O) groups is 8. The molecule has 0 heterocycles. The van der Waals surface area contributed by atoms with Crippen LogP contribution in [0, 0.1) is 5.92 Å². The zero-order valence-corrected chi connectivity index (χ0v) is 41.9. The summed E-state index contributed by atoms with van der Waals surface area (Å²) in [5.41, 5.74) is 5.25. The van der Waals surface area contributed by atoms with Crippen molar-refractivity contribution in [3.8, 4) is 0 Å². The van der Waals surface area contributed by atoms with E-state index in [4.69, 9.17) is 29.8 Å². The SMILES string of the molecule is CC[C@@H](CCCCNC(=O)COCCOCCNC(=O)COCCOCCCC(=O)CC[C@H](NC(=O)CCCCCCCCCCCCCCCCC(=O)O)C(=O)O)C(=O)CN[C@H](C(N)=O)[C@@H](C)O. The Morgan fingerprint density at radius 1 is 0.536 bits per heavy atom. The summed E-state index contributed by atoms with van der Waals surface area (Å²) in [5.74, 6) is -3.90. The lowest BCUT2D eigenvalue weighted by Gasteiger charge is -2.20. The number of hydrogen-bond donors (Lipinski definition) is 8. The number of unbranched alkanes of at least 4 members (excludes halogenated alkanes) is 14. The van der Waals surface area contributed by atoms with E-state index in [2.05, 4.69) is 21.3 Å². The summed E-state index contributed by atoms with van der Waals surface area (Å²) < 4.78 is 21.5. The molecule has 0 fully saturated rings. The number of amides is 4. The fraction of sp³-hybridized carbons (Fsp3) is 0.837. The van der Waals surface area contributed by atoms with Crippen LogP contribution in [-0.2, 0) is 57.3 Å². The maximum atomic E-state index is 12.5. The number of carbonyl (C=O) groups excluding carboxylic acids is 6. The van der Waals surface area contributed by atoms with Crippen molar-refractivity contribution in [2.45, 2.75) is 186 Å². The van der Waals surface area contributed by atoms with Crippen LogP contribution < -0.4 is 27.0 Å². The van der Waals surface area contributed by atoms with Gasteiger partial charge in [0.1, 0.15) is 36.9 Å². The number of nitrogens with two attached hydrogens (primary N) is 1. The summed E-state index contributed by atoms with van der Waals surface area (Å²) in [4.78, 5) is 94.9. The second-order valence-electron chi connectivity index (χ2n) is 17.6. The summed E-state index contributed by atoms with van der Waals surface area (Å²) in [6.45, 7) is 5.04. The number of ketones is 2. The second-order valence-corrected chi connectivity index (χ2v) is 17.6. The van der Waals surface area contributed by atoms with Crippen molar-refractivity contribution in [2.24, 2.45) is 11.7 Å². The molecule has 0 bridgehead atoms. The monoisotopic (exact) mass is 988 g/mol. The van der Waals surface area contributed by atoms with Gasteiger partial charge >= 0.3 is 11.9 Å². The molecule has 0 aromatic rings. The predicted octanol–water partition coefficient (Wildman–Crippen LogP) is 3.90. The molecule has 20 nitrogen and oxygen atoms in total. The molecular weight excluding hydrogens is 899 g/mol. The average Bonchev–Trinajstić information content (AvgIpc) is 3.29. The maximum Gasteiger partial charge on any atom is 0.326 e. The number of carboxylic acid groups (broad SMARTS) is 2. The third-order valence-electron chi connectivity index (χ3n) is 11.4. The van der Waals surface area contributed by atoms with Crippen molar-refractivity contribution in [1.82, 2.24) is 21.3 Å². The van der Waals surface area contributed by atoms with Gasteiger partial charge in [-0.25, -0.2) is 4.79 Å². The Balaban J connectivity index is 3.73. The van der Waals surface area contributed by atoms with E-state index in [9.17, 15) is 48.6 Å². The number of ether oxygens (including phenoxy) is 4.